The van der Waals surface area contributed by atoms with E-state index in [-0.39, 0.29) is 5.56 Å². The lowest BCUT2D eigenvalue weighted by Crippen LogP contribution is -2.42. The third kappa shape index (κ3) is 3.42. The molecule has 0 aliphatic heterocycles. The van der Waals surface area contributed by atoms with Crippen molar-refractivity contribution in [2.75, 3.05) is 6.54 Å². The predicted molar refractivity (Wildman–Crippen MR) is 72.5 cm³/mol. The van der Waals surface area contributed by atoms with Gasteiger partial charge in [0.2, 0.25) is 0 Å². The van der Waals surface area contributed by atoms with E-state index in [9.17, 15) is 4.79 Å². The van der Waals surface area contributed by atoms with Crippen molar-refractivity contribution >= 4 is 0 Å². The molecule has 1 heterocycles. The molecule has 1 aromatic heterocycles. The molecule has 1 N–H and O–H groups in total. The maximum atomic E-state index is 11.7. The van der Waals surface area contributed by atoms with Crippen LogP contribution in [0.15, 0.2) is 23.1 Å². The Kier molecular flexibility index (Phi) is 4.93. The predicted octanol–water partition coefficient (Wildman–Crippen LogP) is 1.80. The Balaban J connectivity index is 2.04. The van der Waals surface area contributed by atoms with Gasteiger partial charge in [-0.15, -0.1) is 0 Å². The van der Waals surface area contributed by atoms with E-state index in [0.717, 1.165) is 13.0 Å². The smallest absolute Gasteiger partial charge is 0.266 e. The third-order valence-electron chi connectivity index (χ3n) is 3.78. The van der Waals surface area contributed by atoms with E-state index < -0.39 is 0 Å². The molecule has 0 bridgehead atoms. The summed E-state index contributed by atoms with van der Waals surface area (Å²) in [5, 5.41) is 7.75. The highest BCUT2D eigenvalue weighted by atomic mass is 16.1. The van der Waals surface area contributed by atoms with Gasteiger partial charge in [0.1, 0.15) is 0 Å². The lowest BCUT2D eigenvalue weighted by atomic mass is 9.98. The molecule has 1 aliphatic rings. The number of hydrogen-bond acceptors (Lipinski definition) is 3. The van der Waals surface area contributed by atoms with Crippen LogP contribution < -0.4 is 10.9 Å². The molecular weight excluding hydrogens is 226 g/mol. The van der Waals surface area contributed by atoms with Gasteiger partial charge in [0.05, 0.1) is 6.54 Å². The third-order valence-corrected chi connectivity index (χ3v) is 3.78. The van der Waals surface area contributed by atoms with Crippen molar-refractivity contribution in [1.82, 2.24) is 15.1 Å². The summed E-state index contributed by atoms with van der Waals surface area (Å²) in [4.78, 5) is 11.7. The van der Waals surface area contributed by atoms with Crippen molar-refractivity contribution in [3.05, 3.63) is 28.7 Å². The first-order valence-corrected chi connectivity index (χ1v) is 7.06. The van der Waals surface area contributed by atoms with E-state index >= 15 is 0 Å². The van der Waals surface area contributed by atoms with Crippen LogP contribution in [0.5, 0.6) is 0 Å². The Bertz CT molecular complexity index is 410. The molecule has 100 valence electrons. The summed E-state index contributed by atoms with van der Waals surface area (Å²) in [6.07, 6.45) is 8.03. The Morgan fingerprint density at radius 2 is 2.28 bits per heavy atom. The Labute approximate surface area is 108 Å². The average molecular weight is 249 g/mol. The van der Waals surface area contributed by atoms with Crippen molar-refractivity contribution in [1.29, 1.82) is 0 Å². The van der Waals surface area contributed by atoms with Gasteiger partial charge >= 0.3 is 0 Å². The summed E-state index contributed by atoms with van der Waals surface area (Å²) in [5.74, 6) is 0.699. The molecular formula is C14H23N3O. The van der Waals surface area contributed by atoms with E-state index in [2.05, 4.69) is 17.3 Å². The molecule has 0 radical (unpaired) electrons. The van der Waals surface area contributed by atoms with Gasteiger partial charge in [-0.25, -0.2) is 4.68 Å². The molecule has 1 fully saturated rings. The molecule has 4 heteroatoms. The summed E-state index contributed by atoms with van der Waals surface area (Å²) in [5.41, 5.74) is -0.00112. The molecule has 0 spiro atoms. The minimum atomic E-state index is -0.00112. The molecule has 4 nitrogen and oxygen atoms in total. The maximum absolute atomic E-state index is 11.7. The second kappa shape index (κ2) is 6.69. The monoisotopic (exact) mass is 249 g/mol. The van der Waals surface area contributed by atoms with Crippen LogP contribution in [0.3, 0.4) is 0 Å². The van der Waals surface area contributed by atoms with E-state index in [1.165, 1.54) is 25.7 Å². The van der Waals surface area contributed by atoms with Gasteiger partial charge in [-0.05, 0) is 37.8 Å². The van der Waals surface area contributed by atoms with Crippen LogP contribution in [0.2, 0.25) is 0 Å². The topological polar surface area (TPSA) is 46.9 Å². The fourth-order valence-corrected chi connectivity index (χ4v) is 2.78. The fraction of sp³-hybridized carbons (Fsp3) is 0.714. The molecule has 1 aromatic rings. The zero-order valence-electron chi connectivity index (χ0n) is 11.1. The van der Waals surface area contributed by atoms with Crippen LogP contribution in [0.25, 0.3) is 0 Å². The van der Waals surface area contributed by atoms with Crippen LogP contribution in [0.1, 0.15) is 39.0 Å². The minimum absolute atomic E-state index is 0.00112. The Hall–Kier alpha value is -1.16. The van der Waals surface area contributed by atoms with Crippen molar-refractivity contribution < 1.29 is 0 Å². The van der Waals surface area contributed by atoms with Crippen molar-refractivity contribution in [3.63, 3.8) is 0 Å². The highest BCUT2D eigenvalue weighted by Crippen LogP contribution is 2.28. The first kappa shape index (κ1) is 13.3. The SMILES string of the molecule is CCCNC(Cn1ncccc1=O)C1CCCC1. The summed E-state index contributed by atoms with van der Waals surface area (Å²) in [6, 6.07) is 3.67. The lowest BCUT2D eigenvalue weighted by Gasteiger charge is -2.24. The highest BCUT2D eigenvalue weighted by Gasteiger charge is 2.25. The van der Waals surface area contributed by atoms with Gasteiger partial charge in [0.15, 0.2) is 0 Å². The second-order valence-corrected chi connectivity index (χ2v) is 5.15. The summed E-state index contributed by atoms with van der Waals surface area (Å²) in [6.45, 7) is 3.89. The Morgan fingerprint density at radius 1 is 1.50 bits per heavy atom. The quantitative estimate of drug-likeness (QED) is 0.836. The maximum Gasteiger partial charge on any atom is 0.266 e. The zero-order chi connectivity index (χ0) is 12.8. The van der Waals surface area contributed by atoms with Gasteiger partial charge in [-0.3, -0.25) is 4.79 Å². The minimum Gasteiger partial charge on any atom is -0.312 e. The van der Waals surface area contributed by atoms with Gasteiger partial charge < -0.3 is 5.32 Å². The molecule has 1 saturated carbocycles. The Morgan fingerprint density at radius 3 is 2.94 bits per heavy atom. The molecule has 18 heavy (non-hydrogen) atoms. The van der Waals surface area contributed by atoms with Gasteiger partial charge in [-0.2, -0.15) is 5.10 Å². The fourth-order valence-electron chi connectivity index (χ4n) is 2.78. The summed E-state index contributed by atoms with van der Waals surface area (Å²) >= 11 is 0. The van der Waals surface area contributed by atoms with Crippen LogP contribution in [-0.2, 0) is 6.54 Å². The van der Waals surface area contributed by atoms with Crippen LogP contribution in [-0.4, -0.2) is 22.4 Å². The van der Waals surface area contributed by atoms with Crippen LogP contribution in [0.4, 0.5) is 0 Å². The number of rotatable bonds is 6. The van der Waals surface area contributed by atoms with Gasteiger partial charge in [0.25, 0.3) is 5.56 Å². The molecule has 0 aromatic carbocycles. The van der Waals surface area contributed by atoms with E-state index in [4.69, 9.17) is 0 Å². The molecule has 1 aliphatic carbocycles. The number of hydrogen-bond donors (Lipinski definition) is 1. The van der Waals surface area contributed by atoms with Crippen molar-refractivity contribution in [3.8, 4) is 0 Å². The number of nitrogens with one attached hydrogen (secondary N) is 1. The normalized spacial score (nSPS) is 18.1. The van der Waals surface area contributed by atoms with Gasteiger partial charge in [0, 0.05) is 18.3 Å². The zero-order valence-corrected chi connectivity index (χ0v) is 11.1. The molecule has 0 amide bonds. The summed E-state index contributed by atoms with van der Waals surface area (Å²) in [7, 11) is 0. The van der Waals surface area contributed by atoms with Crippen molar-refractivity contribution in [2.45, 2.75) is 51.6 Å². The summed E-state index contributed by atoms with van der Waals surface area (Å²) < 4.78 is 1.59. The van der Waals surface area contributed by atoms with E-state index in [1.807, 2.05) is 0 Å². The molecule has 2 rings (SSSR count). The molecule has 1 atom stereocenters. The van der Waals surface area contributed by atoms with Crippen molar-refractivity contribution in [2.24, 2.45) is 5.92 Å². The average Bonchev–Trinajstić information content (AvgIpc) is 2.90. The number of nitrogens with zero attached hydrogens (tertiary/aromatic N) is 2. The molecule has 0 saturated heterocycles. The first-order valence-electron chi connectivity index (χ1n) is 7.06. The molecule has 1 unspecified atom stereocenters. The first-order chi connectivity index (χ1) is 8.81. The van der Waals surface area contributed by atoms with E-state index in [0.29, 0.717) is 18.5 Å². The van der Waals surface area contributed by atoms with Crippen LogP contribution in [0, 0.1) is 5.92 Å². The largest absolute Gasteiger partial charge is 0.312 e. The number of aromatic nitrogens is 2. The van der Waals surface area contributed by atoms with Crippen LogP contribution >= 0.6 is 0 Å². The van der Waals surface area contributed by atoms with Gasteiger partial charge in [-0.1, -0.05) is 19.8 Å². The lowest BCUT2D eigenvalue weighted by molar-refractivity contribution is 0.307. The standard InChI is InChI=1S/C14H23N3O/c1-2-9-15-13(12-6-3-4-7-12)11-17-14(18)8-5-10-16-17/h5,8,10,12-13,15H,2-4,6-7,9,11H2,1H3. The highest BCUT2D eigenvalue weighted by molar-refractivity contribution is 4.87. The second-order valence-electron chi connectivity index (χ2n) is 5.15. The van der Waals surface area contributed by atoms with E-state index in [1.54, 1.807) is 23.0 Å².